The molecule has 2 aromatic rings. The van der Waals surface area contributed by atoms with Gasteiger partial charge in [-0.05, 0) is 79.7 Å². The molecule has 2 aliphatic rings. The number of amides is 2. The van der Waals surface area contributed by atoms with Crippen molar-refractivity contribution < 1.29 is 40.3 Å². The van der Waals surface area contributed by atoms with Gasteiger partial charge in [0.1, 0.15) is 17.1 Å². The van der Waals surface area contributed by atoms with E-state index in [1.54, 1.807) is 4.90 Å². The number of alkyl halides is 3. The number of rotatable bonds is 11. The fourth-order valence-electron chi connectivity index (χ4n) is 5.51. The molecule has 2 aromatic carbocycles. The summed E-state index contributed by atoms with van der Waals surface area (Å²) in [7, 11) is -5.71. The molecule has 2 aliphatic heterocycles. The van der Waals surface area contributed by atoms with Crippen molar-refractivity contribution in [3.63, 3.8) is 0 Å². The highest BCUT2D eigenvalue weighted by Crippen LogP contribution is 2.37. The molecular weight excluding hydrogens is 666 g/mol. The summed E-state index contributed by atoms with van der Waals surface area (Å²) >= 11 is 0. The highest BCUT2D eigenvalue weighted by Gasteiger charge is 2.47. The predicted octanol–water partition coefficient (Wildman–Crippen LogP) is 5.55. The second-order valence-electron chi connectivity index (χ2n) is 13.9. The third kappa shape index (κ3) is 8.84. The SMILES string of the molecule is CC(=O)N(CCO[Si](C)(C)C(C)(C)C)c1ccc(C)c(CCS(=O)(=O)N2CCC3(CC2)N=C(c2cccc(OC(F)(F)F)c2)NC3=O)c1. The molecule has 1 N–H and O–H groups in total. The number of anilines is 1. The third-order valence-electron chi connectivity index (χ3n) is 9.50. The maximum Gasteiger partial charge on any atom is 0.573 e. The van der Waals surface area contributed by atoms with Crippen molar-refractivity contribution in [2.45, 2.75) is 83.9 Å². The maximum absolute atomic E-state index is 13.4. The van der Waals surface area contributed by atoms with Crippen LogP contribution in [0, 0.1) is 6.92 Å². The molecule has 0 bridgehead atoms. The summed E-state index contributed by atoms with van der Waals surface area (Å²) in [4.78, 5) is 31.8. The fraction of sp³-hybridized carbons (Fsp3) is 0.545. The Morgan fingerprint density at radius 1 is 1.10 bits per heavy atom. The van der Waals surface area contributed by atoms with Crippen molar-refractivity contribution >= 4 is 41.7 Å². The molecular formula is C33H45F3N4O6SSi. The van der Waals surface area contributed by atoms with Crippen LogP contribution >= 0.6 is 0 Å². The minimum atomic E-state index is -4.87. The van der Waals surface area contributed by atoms with Crippen molar-refractivity contribution in [3.8, 4) is 5.75 Å². The molecule has 1 fully saturated rings. The molecule has 10 nitrogen and oxygen atoms in total. The first-order chi connectivity index (χ1) is 22.1. The van der Waals surface area contributed by atoms with E-state index in [0.29, 0.717) is 18.8 Å². The van der Waals surface area contributed by atoms with E-state index in [2.05, 4.69) is 48.9 Å². The minimum Gasteiger partial charge on any atom is -0.415 e. The minimum absolute atomic E-state index is 0.0377. The van der Waals surface area contributed by atoms with E-state index in [0.717, 1.165) is 23.3 Å². The lowest BCUT2D eigenvalue weighted by atomic mass is 9.89. The summed E-state index contributed by atoms with van der Waals surface area (Å²) in [5.74, 6) is -1.04. The Morgan fingerprint density at radius 3 is 2.38 bits per heavy atom. The van der Waals surface area contributed by atoms with Crippen LogP contribution in [0.25, 0.3) is 0 Å². The molecule has 1 spiro atoms. The van der Waals surface area contributed by atoms with Crippen LogP contribution in [-0.2, 0) is 30.5 Å². The zero-order valence-electron chi connectivity index (χ0n) is 28.5. The van der Waals surface area contributed by atoms with Crippen LogP contribution in [0.3, 0.4) is 0 Å². The lowest BCUT2D eigenvalue weighted by molar-refractivity contribution is -0.274. The molecule has 264 valence electrons. The Hall–Kier alpha value is -3.27. The van der Waals surface area contributed by atoms with E-state index in [9.17, 15) is 31.2 Å². The van der Waals surface area contributed by atoms with Crippen LogP contribution in [0.2, 0.25) is 18.1 Å². The molecule has 0 radical (unpaired) electrons. The lowest BCUT2D eigenvalue weighted by Gasteiger charge is -2.36. The summed E-state index contributed by atoms with van der Waals surface area (Å²) in [6.07, 6.45) is -4.39. The lowest BCUT2D eigenvalue weighted by Crippen LogP contribution is -2.50. The van der Waals surface area contributed by atoms with Gasteiger partial charge in [0, 0.05) is 37.8 Å². The van der Waals surface area contributed by atoms with Gasteiger partial charge in [-0.15, -0.1) is 13.2 Å². The number of aryl methyl sites for hydroxylation is 2. The first-order valence-corrected chi connectivity index (χ1v) is 20.4. The molecule has 15 heteroatoms. The van der Waals surface area contributed by atoms with Gasteiger partial charge in [0.2, 0.25) is 15.9 Å². The van der Waals surface area contributed by atoms with Gasteiger partial charge in [-0.3, -0.25) is 14.6 Å². The molecule has 0 aromatic heterocycles. The summed E-state index contributed by atoms with van der Waals surface area (Å²) in [6.45, 7) is 15.1. The molecule has 0 atom stereocenters. The monoisotopic (exact) mass is 710 g/mol. The fourth-order valence-corrected chi connectivity index (χ4v) is 8.02. The average Bonchev–Trinajstić information content (AvgIpc) is 3.28. The number of amidine groups is 1. The van der Waals surface area contributed by atoms with E-state index in [-0.39, 0.29) is 60.4 Å². The Bertz CT molecular complexity index is 1670. The van der Waals surface area contributed by atoms with Gasteiger partial charge in [0.15, 0.2) is 8.32 Å². The normalized spacial score (nSPS) is 17.3. The van der Waals surface area contributed by atoms with Gasteiger partial charge >= 0.3 is 6.36 Å². The Morgan fingerprint density at radius 2 is 1.77 bits per heavy atom. The second-order valence-corrected chi connectivity index (χ2v) is 20.8. The van der Waals surface area contributed by atoms with Crippen LogP contribution in [0.1, 0.15) is 57.2 Å². The highest BCUT2D eigenvalue weighted by molar-refractivity contribution is 7.89. The molecule has 48 heavy (non-hydrogen) atoms. The average molecular weight is 711 g/mol. The van der Waals surface area contributed by atoms with Gasteiger partial charge in [-0.2, -0.15) is 0 Å². The Balaban J connectivity index is 1.40. The number of benzene rings is 2. The summed E-state index contributed by atoms with van der Waals surface area (Å²) in [5.41, 5.74) is 1.43. The Labute approximate surface area is 281 Å². The summed E-state index contributed by atoms with van der Waals surface area (Å²) in [6, 6.07) is 10.8. The number of sulfonamides is 1. The first-order valence-electron chi connectivity index (χ1n) is 15.9. The van der Waals surface area contributed by atoms with Crippen molar-refractivity contribution in [2.24, 2.45) is 4.99 Å². The van der Waals surface area contributed by atoms with Gasteiger partial charge in [-0.25, -0.2) is 12.7 Å². The molecule has 2 heterocycles. The van der Waals surface area contributed by atoms with Crippen molar-refractivity contribution in [1.29, 1.82) is 0 Å². The van der Waals surface area contributed by atoms with E-state index in [1.807, 2.05) is 25.1 Å². The van der Waals surface area contributed by atoms with E-state index in [4.69, 9.17) is 4.43 Å². The molecule has 0 unspecified atom stereocenters. The van der Waals surface area contributed by atoms with Gasteiger partial charge in [-0.1, -0.05) is 39.0 Å². The van der Waals surface area contributed by atoms with Crippen LogP contribution in [0.4, 0.5) is 18.9 Å². The van der Waals surface area contributed by atoms with Gasteiger partial charge < -0.3 is 19.4 Å². The molecule has 2 amide bonds. The zero-order valence-corrected chi connectivity index (χ0v) is 30.3. The number of carbonyl (C=O) groups excluding carboxylic acids is 2. The van der Waals surface area contributed by atoms with Crippen LogP contribution in [0.5, 0.6) is 5.75 Å². The molecule has 1 saturated heterocycles. The third-order valence-corrected chi connectivity index (χ3v) is 15.9. The van der Waals surface area contributed by atoms with Gasteiger partial charge in [0.25, 0.3) is 5.91 Å². The quantitative estimate of drug-likeness (QED) is 0.306. The number of hydrogen-bond acceptors (Lipinski definition) is 7. The van der Waals surface area contributed by atoms with E-state index >= 15 is 0 Å². The smallest absolute Gasteiger partial charge is 0.415 e. The van der Waals surface area contributed by atoms with Crippen LogP contribution < -0.4 is 15.0 Å². The number of hydrogen-bond donors (Lipinski definition) is 1. The maximum atomic E-state index is 13.4. The first kappa shape index (κ1) is 37.5. The van der Waals surface area contributed by atoms with Crippen molar-refractivity contribution in [1.82, 2.24) is 9.62 Å². The van der Waals surface area contributed by atoms with Crippen LogP contribution in [0.15, 0.2) is 47.5 Å². The van der Waals surface area contributed by atoms with Crippen molar-refractivity contribution in [3.05, 3.63) is 59.2 Å². The molecule has 0 saturated carbocycles. The van der Waals surface area contributed by atoms with Crippen LogP contribution in [-0.4, -0.2) is 82.6 Å². The van der Waals surface area contributed by atoms with E-state index < -0.39 is 41.9 Å². The number of aliphatic imine (C=N–C) groups is 1. The number of halogens is 3. The molecule has 0 aliphatic carbocycles. The van der Waals surface area contributed by atoms with E-state index in [1.165, 1.54) is 23.4 Å². The number of ether oxygens (including phenoxy) is 1. The number of nitrogens with zero attached hydrogens (tertiary/aromatic N) is 3. The highest BCUT2D eigenvalue weighted by atomic mass is 32.2. The topological polar surface area (TPSA) is 118 Å². The summed E-state index contributed by atoms with van der Waals surface area (Å²) < 4.78 is 76.6. The largest absolute Gasteiger partial charge is 0.573 e. The number of piperidine rings is 1. The zero-order chi connectivity index (χ0) is 35.7. The van der Waals surface area contributed by atoms with Crippen molar-refractivity contribution in [2.75, 3.05) is 36.9 Å². The number of carbonyl (C=O) groups is 2. The second kappa shape index (κ2) is 13.9. The van der Waals surface area contributed by atoms with Gasteiger partial charge in [0.05, 0.1) is 12.4 Å². The number of nitrogens with one attached hydrogen (secondary N) is 1. The summed E-state index contributed by atoms with van der Waals surface area (Å²) in [5, 5.41) is 2.69. The predicted molar refractivity (Wildman–Crippen MR) is 181 cm³/mol. The molecule has 4 rings (SSSR count). The standard InChI is InChI=1S/C33H45F3N4O6SSi/c1-23-11-12-27(40(24(2)41)18-19-45-48(6,7)31(3,4)5)21-25(23)13-20-47(43,44)39-16-14-32(15-17-39)30(42)37-29(38-32)26-9-8-10-28(22-26)46-33(34,35)36/h8-12,21-22H,13-20H2,1-7H3,(H,37,38,42). The Kier molecular flexibility index (Phi) is 10.9.